The van der Waals surface area contributed by atoms with Crippen LogP contribution in [0, 0.1) is 5.92 Å². The Morgan fingerprint density at radius 2 is 1.63 bits per heavy atom. The van der Waals surface area contributed by atoms with E-state index in [1.807, 2.05) is 79.7 Å². The minimum atomic E-state index is -0.607. The Labute approximate surface area is 232 Å². The Morgan fingerprint density at radius 3 is 2.16 bits per heavy atom. The zero-order valence-electron chi connectivity index (χ0n) is 22.9. The molecule has 1 aliphatic heterocycles. The van der Waals surface area contributed by atoms with Crippen molar-refractivity contribution in [3.63, 3.8) is 0 Å². The van der Waals surface area contributed by atoms with Gasteiger partial charge in [-0.1, -0.05) is 67.1 Å². The molecule has 6 nitrogen and oxygen atoms in total. The Balaban J connectivity index is 1.66. The van der Waals surface area contributed by atoms with Crippen LogP contribution in [0.25, 0.3) is 0 Å². The zero-order chi connectivity index (χ0) is 27.3. The molecule has 2 amide bonds. The number of para-hydroxylation sites is 2. The summed E-state index contributed by atoms with van der Waals surface area (Å²) in [6.45, 7) is 8.22. The fourth-order valence-electron chi connectivity index (χ4n) is 5.06. The van der Waals surface area contributed by atoms with E-state index < -0.39 is 11.8 Å². The maximum absolute atomic E-state index is 13.3. The van der Waals surface area contributed by atoms with Gasteiger partial charge in [0.15, 0.2) is 0 Å². The molecule has 0 spiro atoms. The number of benzene rings is 2. The van der Waals surface area contributed by atoms with Crippen LogP contribution in [0.2, 0.25) is 0 Å². The van der Waals surface area contributed by atoms with Gasteiger partial charge in [-0.25, -0.2) is 0 Å². The Kier molecular flexibility index (Phi) is 12.1. The predicted molar refractivity (Wildman–Crippen MR) is 158 cm³/mol. The maximum atomic E-state index is 13.3. The second-order valence-electron chi connectivity index (χ2n) is 9.72. The van der Waals surface area contributed by atoms with E-state index in [1.165, 1.54) is 4.90 Å². The summed E-state index contributed by atoms with van der Waals surface area (Å²) in [4.78, 5) is 32.6. The van der Waals surface area contributed by atoms with Crippen molar-refractivity contribution < 1.29 is 9.59 Å². The quantitative estimate of drug-likeness (QED) is 0.300. The molecule has 1 heterocycles. The molecule has 0 aliphatic carbocycles. The van der Waals surface area contributed by atoms with Crippen LogP contribution in [0.5, 0.6) is 0 Å². The summed E-state index contributed by atoms with van der Waals surface area (Å²) in [7, 11) is 2.18. The second kappa shape index (κ2) is 15.5. The molecule has 2 aromatic rings. The molecule has 1 unspecified atom stereocenters. The van der Waals surface area contributed by atoms with E-state index in [0.717, 1.165) is 43.9 Å². The molecule has 0 bridgehead atoms. The molecule has 0 radical (unpaired) electrons. The van der Waals surface area contributed by atoms with Crippen LogP contribution in [-0.4, -0.2) is 67.4 Å². The van der Waals surface area contributed by atoms with Crippen molar-refractivity contribution in [2.24, 2.45) is 5.92 Å². The van der Waals surface area contributed by atoms with E-state index in [1.54, 1.807) is 0 Å². The number of rotatable bonds is 11. The molecule has 1 N–H and O–H groups in total. The van der Waals surface area contributed by atoms with Gasteiger partial charge >= 0.3 is 11.8 Å². The number of nitrogens with zero attached hydrogens (tertiary/aromatic N) is 3. The van der Waals surface area contributed by atoms with Crippen molar-refractivity contribution in [3.8, 4) is 0 Å². The van der Waals surface area contributed by atoms with Crippen LogP contribution in [0.3, 0.4) is 0 Å². The monoisotopic (exact) mass is 536 g/mol. The standard InChI is InChI=1S/C31H41ClN4O2/c1-4-26(32)13-12-18-29(25-19-22-34(3)23-20-25)35(5-2)24-21-33-30(37)31(38)36(27-14-8-6-9-15-27)28-16-10-7-11-17-28/h4,6-17,25,29H,5,18-24H2,1-3H3,(H,33,37)/b13-12-,26-4+. The maximum Gasteiger partial charge on any atom is 0.320 e. The lowest BCUT2D eigenvalue weighted by atomic mass is 9.86. The third-order valence-corrected chi connectivity index (χ3v) is 7.57. The molecule has 0 aromatic heterocycles. The summed E-state index contributed by atoms with van der Waals surface area (Å²) in [5.41, 5.74) is 1.31. The van der Waals surface area contributed by atoms with Gasteiger partial charge in [0, 0.05) is 35.5 Å². The third kappa shape index (κ3) is 8.55. The number of anilines is 2. The fraction of sp³-hybridized carbons (Fsp3) is 0.419. The Morgan fingerprint density at radius 1 is 1.05 bits per heavy atom. The van der Waals surface area contributed by atoms with Gasteiger partial charge < -0.3 is 10.2 Å². The largest absolute Gasteiger partial charge is 0.347 e. The minimum absolute atomic E-state index is 0.351. The van der Waals surface area contributed by atoms with Crippen molar-refractivity contribution in [1.29, 1.82) is 0 Å². The first-order valence-electron chi connectivity index (χ1n) is 13.6. The first-order chi connectivity index (χ1) is 18.4. The molecule has 7 heteroatoms. The third-order valence-electron chi connectivity index (χ3n) is 7.22. The zero-order valence-corrected chi connectivity index (χ0v) is 23.6. The SMILES string of the molecule is C/C=C(Cl)\C=C/CC(C1CCN(C)CC1)N(CC)CCNC(=O)C(=O)N(c1ccccc1)c1ccccc1. The van der Waals surface area contributed by atoms with Crippen molar-refractivity contribution in [3.05, 3.63) is 83.9 Å². The van der Waals surface area contributed by atoms with Crippen LogP contribution in [0.4, 0.5) is 11.4 Å². The molecule has 2 aromatic carbocycles. The number of hydrogen-bond donors (Lipinski definition) is 1. The van der Waals surface area contributed by atoms with E-state index in [4.69, 9.17) is 11.6 Å². The van der Waals surface area contributed by atoms with Gasteiger partial charge in [-0.3, -0.25) is 19.4 Å². The van der Waals surface area contributed by atoms with E-state index in [0.29, 0.717) is 36.4 Å². The molecule has 1 aliphatic rings. The van der Waals surface area contributed by atoms with E-state index in [9.17, 15) is 9.59 Å². The summed E-state index contributed by atoms with van der Waals surface area (Å²) < 4.78 is 0. The van der Waals surface area contributed by atoms with Crippen molar-refractivity contribution in [2.45, 2.75) is 39.2 Å². The summed E-state index contributed by atoms with van der Waals surface area (Å²) in [6, 6.07) is 18.9. The van der Waals surface area contributed by atoms with Crippen LogP contribution in [-0.2, 0) is 9.59 Å². The summed E-state index contributed by atoms with van der Waals surface area (Å²) in [5, 5.41) is 3.63. The lowest BCUT2D eigenvalue weighted by Crippen LogP contribution is -2.48. The summed E-state index contributed by atoms with van der Waals surface area (Å²) >= 11 is 6.20. The number of piperidine rings is 1. The van der Waals surface area contributed by atoms with E-state index in [2.05, 4.69) is 35.2 Å². The molecular formula is C31H41ClN4O2. The van der Waals surface area contributed by atoms with Gasteiger partial charge in [-0.15, -0.1) is 0 Å². The molecular weight excluding hydrogens is 496 g/mol. The molecule has 38 heavy (non-hydrogen) atoms. The predicted octanol–water partition coefficient (Wildman–Crippen LogP) is 5.59. The number of amides is 2. The highest BCUT2D eigenvalue weighted by Crippen LogP contribution is 2.27. The highest BCUT2D eigenvalue weighted by molar-refractivity contribution is 6.42. The molecule has 1 atom stereocenters. The van der Waals surface area contributed by atoms with Crippen molar-refractivity contribution in [2.75, 3.05) is 44.7 Å². The normalized spacial score (nSPS) is 16.1. The number of hydrogen-bond acceptors (Lipinski definition) is 4. The number of carbonyl (C=O) groups excluding carboxylic acids is 2. The van der Waals surface area contributed by atoms with Gasteiger partial charge in [0.2, 0.25) is 0 Å². The first kappa shape index (κ1) is 29.6. The molecule has 0 saturated carbocycles. The average molecular weight is 537 g/mol. The van der Waals surface area contributed by atoms with Crippen LogP contribution in [0.15, 0.2) is 83.9 Å². The van der Waals surface area contributed by atoms with Gasteiger partial charge in [0.1, 0.15) is 0 Å². The smallest absolute Gasteiger partial charge is 0.320 e. The van der Waals surface area contributed by atoms with Gasteiger partial charge in [-0.2, -0.15) is 0 Å². The lowest BCUT2D eigenvalue weighted by Gasteiger charge is -2.40. The second-order valence-corrected chi connectivity index (χ2v) is 10.2. The lowest BCUT2D eigenvalue weighted by molar-refractivity contribution is -0.137. The topological polar surface area (TPSA) is 55.9 Å². The van der Waals surface area contributed by atoms with Crippen LogP contribution < -0.4 is 10.2 Å². The first-order valence-corrected chi connectivity index (χ1v) is 14.0. The summed E-state index contributed by atoms with van der Waals surface area (Å²) in [6.07, 6.45) is 9.22. The van der Waals surface area contributed by atoms with Crippen LogP contribution >= 0.6 is 11.6 Å². The summed E-state index contributed by atoms with van der Waals surface area (Å²) in [5.74, 6) is -0.630. The number of nitrogens with one attached hydrogen (secondary N) is 1. The molecule has 1 fully saturated rings. The number of likely N-dealkylation sites (tertiary alicyclic amines) is 1. The van der Waals surface area contributed by atoms with Crippen molar-refractivity contribution in [1.82, 2.24) is 15.1 Å². The highest BCUT2D eigenvalue weighted by Gasteiger charge is 2.29. The number of likely N-dealkylation sites (N-methyl/N-ethyl adjacent to an activating group) is 1. The van der Waals surface area contributed by atoms with Crippen LogP contribution in [0.1, 0.15) is 33.1 Å². The fourth-order valence-corrected chi connectivity index (χ4v) is 5.14. The van der Waals surface area contributed by atoms with E-state index in [-0.39, 0.29) is 0 Å². The highest BCUT2D eigenvalue weighted by atomic mass is 35.5. The average Bonchev–Trinajstić information content (AvgIpc) is 2.95. The Bertz CT molecular complexity index is 1030. The number of carbonyl (C=O) groups is 2. The van der Waals surface area contributed by atoms with E-state index >= 15 is 0 Å². The Hall–Kier alpha value is -2.93. The van der Waals surface area contributed by atoms with Crippen molar-refractivity contribution >= 4 is 34.8 Å². The molecule has 1 saturated heterocycles. The minimum Gasteiger partial charge on any atom is -0.347 e. The van der Waals surface area contributed by atoms with Gasteiger partial charge in [0.25, 0.3) is 0 Å². The molecule has 204 valence electrons. The van der Waals surface area contributed by atoms with Gasteiger partial charge in [-0.05, 0) is 89.1 Å². The molecule has 3 rings (SSSR count). The number of allylic oxidation sites excluding steroid dienone is 3. The van der Waals surface area contributed by atoms with Gasteiger partial charge in [0.05, 0.1) is 0 Å². The number of halogens is 1.